The Morgan fingerprint density at radius 2 is 0.851 bits per heavy atom. The van der Waals surface area contributed by atoms with Gasteiger partial charge in [-0.05, 0) is 148 Å². The van der Waals surface area contributed by atoms with Crippen LogP contribution >= 0.6 is 0 Å². The van der Waals surface area contributed by atoms with Crippen LogP contribution < -0.4 is 9.80 Å². The Kier molecular flexibility index (Phi) is 10.7. The van der Waals surface area contributed by atoms with Gasteiger partial charge < -0.3 is 9.80 Å². The summed E-state index contributed by atoms with van der Waals surface area (Å²) in [6.45, 7) is 0. The Morgan fingerprint density at radius 1 is 0.358 bits per heavy atom. The fraction of sp³-hybridized carbons (Fsp3) is 0.138. The number of benzene rings is 10. The second kappa shape index (κ2) is 17.6. The Balaban J connectivity index is 1.02. The summed E-state index contributed by atoms with van der Waals surface area (Å²) in [5.41, 5.74) is 17.9. The second-order valence-corrected chi connectivity index (χ2v) is 18.6. The maximum Gasteiger partial charge on any atom is 0.0540 e. The highest BCUT2D eigenvalue weighted by atomic mass is 15.1. The summed E-state index contributed by atoms with van der Waals surface area (Å²) in [6.07, 6.45) is 9.37. The van der Waals surface area contributed by atoms with E-state index in [4.69, 9.17) is 0 Å². The molecule has 2 aliphatic rings. The van der Waals surface area contributed by atoms with E-state index in [2.05, 4.69) is 240 Å². The zero-order valence-corrected chi connectivity index (χ0v) is 38.0. The molecule has 0 heterocycles. The number of rotatable bonds is 14. The van der Waals surface area contributed by atoms with Gasteiger partial charge in [0, 0.05) is 38.9 Å². The lowest BCUT2D eigenvalue weighted by atomic mass is 9.69. The van der Waals surface area contributed by atoms with Gasteiger partial charge in [-0.1, -0.05) is 189 Å². The molecule has 0 N–H and O–H groups in total. The van der Waals surface area contributed by atoms with Crippen molar-refractivity contribution in [3.05, 3.63) is 264 Å². The molecule has 2 heteroatoms. The van der Waals surface area contributed by atoms with E-state index in [9.17, 15) is 0 Å². The molecule has 10 aromatic carbocycles. The molecule has 0 radical (unpaired) electrons. The molecule has 0 unspecified atom stereocenters. The lowest BCUT2D eigenvalue weighted by molar-refractivity contribution is 0.511. The summed E-state index contributed by atoms with van der Waals surface area (Å²) in [4.78, 5) is 4.95. The topological polar surface area (TPSA) is 6.48 Å². The van der Waals surface area contributed by atoms with Crippen molar-refractivity contribution in [3.8, 4) is 11.1 Å². The van der Waals surface area contributed by atoms with Crippen LogP contribution in [-0.2, 0) is 24.7 Å². The first-order chi connectivity index (χ1) is 33.2. The highest BCUT2D eigenvalue weighted by molar-refractivity contribution is 6.01. The van der Waals surface area contributed by atoms with Gasteiger partial charge in [0.25, 0.3) is 0 Å². The van der Waals surface area contributed by atoms with Crippen molar-refractivity contribution < 1.29 is 0 Å². The monoisotopic (exact) mass is 862 g/mol. The summed E-state index contributed by atoms with van der Waals surface area (Å²) in [6, 6.07) is 86.1. The van der Waals surface area contributed by atoms with E-state index < -0.39 is 5.41 Å². The average Bonchev–Trinajstić information content (AvgIpc) is 3.65. The standard InChI is InChI=1S/C65H54N2/c1(6-20-47-35-36-48-37-38-51(48)44-47)2-17-43-65(52-25-7-3-8-26-52)61-45-55(66(53-27-9-4-10-28-53)63-33-18-23-49-21-13-15-31-57(49)63)39-41-59(61)60-42-40-56(46-62(60)65)67(54-29-11-5-12-30-54)64-34-19-24-50-22-14-16-32-58(50)64/h3-5,7-16,18-19,21-36,39-42,44-46H,1-2,6,17,20,37-38,43H2. The molecule has 12 rings (SSSR count). The summed E-state index contributed by atoms with van der Waals surface area (Å²) >= 11 is 0. The largest absolute Gasteiger partial charge is 0.310 e. The van der Waals surface area contributed by atoms with Crippen molar-refractivity contribution in [1.29, 1.82) is 0 Å². The predicted molar refractivity (Wildman–Crippen MR) is 283 cm³/mol. The van der Waals surface area contributed by atoms with Gasteiger partial charge in [-0.3, -0.25) is 0 Å². The minimum Gasteiger partial charge on any atom is -0.310 e. The van der Waals surface area contributed by atoms with E-state index >= 15 is 0 Å². The molecule has 0 atom stereocenters. The van der Waals surface area contributed by atoms with Crippen molar-refractivity contribution in [1.82, 2.24) is 0 Å². The van der Waals surface area contributed by atoms with Crippen LogP contribution in [0.3, 0.4) is 0 Å². The van der Waals surface area contributed by atoms with Gasteiger partial charge in [-0.15, -0.1) is 0 Å². The molecule has 0 saturated carbocycles. The third kappa shape index (κ3) is 7.38. The Morgan fingerprint density at radius 3 is 1.39 bits per heavy atom. The van der Waals surface area contributed by atoms with Gasteiger partial charge in [-0.2, -0.15) is 0 Å². The molecule has 0 spiro atoms. The third-order valence-corrected chi connectivity index (χ3v) is 14.7. The molecule has 2 aliphatic carbocycles. The number of anilines is 6. The first kappa shape index (κ1) is 40.8. The lowest BCUT2D eigenvalue weighted by Gasteiger charge is -2.35. The first-order valence-electron chi connectivity index (χ1n) is 24.3. The Labute approximate surface area is 395 Å². The number of para-hydroxylation sites is 2. The number of fused-ring (bicyclic) bond motifs is 6. The van der Waals surface area contributed by atoms with Crippen LogP contribution in [0.4, 0.5) is 34.1 Å². The molecule has 0 fully saturated rings. The van der Waals surface area contributed by atoms with Crippen LogP contribution in [0.15, 0.2) is 231 Å². The number of nitrogens with zero attached hydrogens (tertiary/aromatic N) is 2. The summed E-state index contributed by atoms with van der Waals surface area (Å²) in [7, 11) is 0. The van der Waals surface area contributed by atoms with Crippen molar-refractivity contribution in [2.45, 2.75) is 56.8 Å². The fourth-order valence-electron chi connectivity index (χ4n) is 11.4. The van der Waals surface area contributed by atoms with Crippen molar-refractivity contribution in [2.75, 3.05) is 9.80 Å². The van der Waals surface area contributed by atoms with Gasteiger partial charge in [0.15, 0.2) is 0 Å². The quantitative estimate of drug-likeness (QED) is 0.101. The molecule has 0 bridgehead atoms. The molecule has 0 saturated heterocycles. The average molecular weight is 863 g/mol. The zero-order chi connectivity index (χ0) is 44.6. The van der Waals surface area contributed by atoms with E-state index in [1.54, 1.807) is 11.1 Å². The molecule has 0 amide bonds. The van der Waals surface area contributed by atoms with Crippen LogP contribution in [0.1, 0.15) is 65.5 Å². The zero-order valence-electron chi connectivity index (χ0n) is 38.0. The second-order valence-electron chi connectivity index (χ2n) is 18.6. The van der Waals surface area contributed by atoms with E-state index in [0.717, 1.165) is 42.0 Å². The lowest BCUT2D eigenvalue weighted by Crippen LogP contribution is -2.27. The highest BCUT2D eigenvalue weighted by Crippen LogP contribution is 2.58. The van der Waals surface area contributed by atoms with E-state index in [1.165, 1.54) is 98.4 Å². The van der Waals surface area contributed by atoms with Crippen molar-refractivity contribution in [2.24, 2.45) is 0 Å². The van der Waals surface area contributed by atoms with Gasteiger partial charge in [0.2, 0.25) is 0 Å². The van der Waals surface area contributed by atoms with Gasteiger partial charge >= 0.3 is 0 Å². The molecule has 2 nitrogen and oxygen atoms in total. The Hall–Kier alpha value is -7.68. The van der Waals surface area contributed by atoms with E-state index in [-0.39, 0.29) is 0 Å². The number of hydrogen-bond donors (Lipinski definition) is 0. The maximum atomic E-state index is 2.54. The van der Waals surface area contributed by atoms with Gasteiger partial charge in [0.05, 0.1) is 11.4 Å². The summed E-state index contributed by atoms with van der Waals surface area (Å²) in [5, 5.41) is 4.93. The number of aryl methyl sites for hydroxylation is 3. The van der Waals surface area contributed by atoms with Gasteiger partial charge in [-0.25, -0.2) is 0 Å². The molecule has 0 aliphatic heterocycles. The maximum absolute atomic E-state index is 2.54. The van der Waals surface area contributed by atoms with Crippen LogP contribution in [0.5, 0.6) is 0 Å². The smallest absolute Gasteiger partial charge is 0.0540 e. The van der Waals surface area contributed by atoms with Crippen LogP contribution in [0.25, 0.3) is 32.7 Å². The molecular weight excluding hydrogens is 809 g/mol. The van der Waals surface area contributed by atoms with E-state index in [1.807, 2.05) is 0 Å². The minimum absolute atomic E-state index is 0.401. The number of hydrogen-bond acceptors (Lipinski definition) is 2. The van der Waals surface area contributed by atoms with E-state index in [0.29, 0.717) is 0 Å². The van der Waals surface area contributed by atoms with Crippen molar-refractivity contribution in [3.63, 3.8) is 0 Å². The SMILES string of the molecule is c1ccc(N(c2ccc3c(c2)C(CCCCCCc2ccc4c(c2)CC4)(c2ccccc2)c2cc(N(c4ccccc4)c4cccc5ccccc45)ccc2-3)c2cccc3ccccc23)cc1. The predicted octanol–water partition coefficient (Wildman–Crippen LogP) is 17.5. The first-order valence-corrected chi connectivity index (χ1v) is 24.3. The molecule has 10 aromatic rings. The summed E-state index contributed by atoms with van der Waals surface area (Å²) in [5.74, 6) is 0. The molecule has 324 valence electrons. The molecular formula is C65H54N2. The minimum atomic E-state index is -0.401. The normalized spacial score (nSPS) is 13.1. The molecule has 0 aromatic heterocycles. The van der Waals surface area contributed by atoms with Gasteiger partial charge in [0.1, 0.15) is 0 Å². The fourth-order valence-corrected chi connectivity index (χ4v) is 11.4. The Bertz CT molecular complexity index is 3190. The number of unbranched alkanes of at least 4 members (excludes halogenated alkanes) is 3. The van der Waals surface area contributed by atoms with Crippen LogP contribution in [0.2, 0.25) is 0 Å². The third-order valence-electron chi connectivity index (χ3n) is 14.7. The highest BCUT2D eigenvalue weighted by Gasteiger charge is 2.45. The van der Waals surface area contributed by atoms with Crippen molar-refractivity contribution >= 4 is 55.7 Å². The molecule has 67 heavy (non-hydrogen) atoms. The van der Waals surface area contributed by atoms with Crippen LogP contribution in [-0.4, -0.2) is 0 Å². The summed E-state index contributed by atoms with van der Waals surface area (Å²) < 4.78 is 0. The van der Waals surface area contributed by atoms with Crippen LogP contribution in [0, 0.1) is 0 Å².